The molecular weight excluding hydrogens is 242 g/mol. The lowest BCUT2D eigenvalue weighted by molar-refractivity contribution is 0.174. The zero-order chi connectivity index (χ0) is 13.2. The van der Waals surface area contributed by atoms with Gasteiger partial charge in [-0.2, -0.15) is 0 Å². The molecule has 1 unspecified atom stereocenters. The van der Waals surface area contributed by atoms with Crippen LogP contribution in [0.4, 0.5) is 0 Å². The Labute approximate surface area is 111 Å². The normalized spacial score (nSPS) is 14.4. The number of hydrogen-bond acceptors (Lipinski definition) is 5. The highest BCUT2D eigenvalue weighted by atomic mass is 16.7. The van der Waals surface area contributed by atoms with Gasteiger partial charge in [0.25, 0.3) is 0 Å². The van der Waals surface area contributed by atoms with Crippen molar-refractivity contribution < 1.29 is 9.47 Å². The van der Waals surface area contributed by atoms with Crippen molar-refractivity contribution in [2.45, 2.75) is 12.8 Å². The number of nitrogens with zero attached hydrogens (tertiary/aromatic N) is 2. The Hall–Kier alpha value is -2.14. The highest BCUT2D eigenvalue weighted by Crippen LogP contribution is 2.38. The van der Waals surface area contributed by atoms with Gasteiger partial charge in [-0.05, 0) is 36.2 Å². The average Bonchev–Trinajstić information content (AvgIpc) is 2.88. The van der Waals surface area contributed by atoms with Crippen LogP contribution in [-0.4, -0.2) is 23.3 Å². The van der Waals surface area contributed by atoms with Gasteiger partial charge in [-0.15, -0.1) is 0 Å². The number of fused-ring (bicyclic) bond motifs is 1. The fraction of sp³-hybridized carbons (Fsp3) is 0.286. The van der Waals surface area contributed by atoms with E-state index in [1.165, 1.54) is 0 Å². The molecule has 5 nitrogen and oxygen atoms in total. The van der Waals surface area contributed by atoms with Crippen LogP contribution in [0.15, 0.2) is 30.7 Å². The minimum atomic E-state index is 0.0394. The van der Waals surface area contributed by atoms with E-state index in [0.29, 0.717) is 6.54 Å². The predicted molar refractivity (Wildman–Crippen MR) is 70.2 cm³/mol. The molecule has 2 aromatic rings. The van der Waals surface area contributed by atoms with E-state index in [1.54, 1.807) is 12.5 Å². The Morgan fingerprint density at radius 2 is 2.11 bits per heavy atom. The number of ether oxygens (including phenoxy) is 2. The predicted octanol–water partition coefficient (Wildman–Crippen LogP) is 1.60. The first-order valence-corrected chi connectivity index (χ1v) is 6.15. The van der Waals surface area contributed by atoms with Crippen molar-refractivity contribution in [3.63, 3.8) is 0 Å². The Bertz CT molecular complexity index is 587. The molecule has 98 valence electrons. The van der Waals surface area contributed by atoms with Gasteiger partial charge in [0.15, 0.2) is 11.5 Å². The number of aromatic nitrogens is 2. The van der Waals surface area contributed by atoms with Crippen LogP contribution in [0, 0.1) is 6.92 Å². The van der Waals surface area contributed by atoms with Gasteiger partial charge in [-0.25, -0.2) is 9.97 Å². The molecule has 19 heavy (non-hydrogen) atoms. The lowest BCUT2D eigenvalue weighted by Crippen LogP contribution is -2.16. The molecule has 0 spiro atoms. The highest BCUT2D eigenvalue weighted by molar-refractivity contribution is 5.50. The molecule has 0 radical (unpaired) electrons. The monoisotopic (exact) mass is 257 g/mol. The quantitative estimate of drug-likeness (QED) is 0.904. The van der Waals surface area contributed by atoms with E-state index >= 15 is 0 Å². The molecule has 0 fully saturated rings. The maximum absolute atomic E-state index is 5.92. The summed E-state index contributed by atoms with van der Waals surface area (Å²) in [5, 5.41) is 0. The summed E-state index contributed by atoms with van der Waals surface area (Å²) >= 11 is 0. The van der Waals surface area contributed by atoms with Gasteiger partial charge in [0.05, 0.1) is 5.69 Å². The second-order valence-electron chi connectivity index (χ2n) is 4.48. The van der Waals surface area contributed by atoms with E-state index in [4.69, 9.17) is 15.2 Å². The number of rotatable bonds is 3. The number of hydrogen-bond donors (Lipinski definition) is 1. The topological polar surface area (TPSA) is 70.3 Å². The first-order chi connectivity index (χ1) is 9.29. The fourth-order valence-corrected chi connectivity index (χ4v) is 2.35. The fourth-order valence-electron chi connectivity index (χ4n) is 2.35. The van der Waals surface area contributed by atoms with E-state index in [-0.39, 0.29) is 12.7 Å². The van der Waals surface area contributed by atoms with Crippen molar-refractivity contribution in [1.82, 2.24) is 9.97 Å². The standard InChI is InChI=1S/C14H15N3O2/c1-9-4-13-14(19-8-18-13)5-10(9)11(6-15)12-2-3-16-7-17-12/h2-5,7,11H,6,8,15H2,1H3. The Kier molecular flexibility index (Phi) is 3.05. The molecule has 0 saturated carbocycles. The van der Waals surface area contributed by atoms with E-state index in [1.807, 2.05) is 25.1 Å². The van der Waals surface area contributed by atoms with Crippen LogP contribution in [-0.2, 0) is 0 Å². The Balaban J connectivity index is 2.05. The maximum atomic E-state index is 5.92. The summed E-state index contributed by atoms with van der Waals surface area (Å²) in [4.78, 5) is 8.24. The van der Waals surface area contributed by atoms with Gasteiger partial charge in [-0.3, -0.25) is 0 Å². The van der Waals surface area contributed by atoms with Crippen LogP contribution < -0.4 is 15.2 Å². The molecule has 5 heteroatoms. The van der Waals surface area contributed by atoms with E-state index in [0.717, 1.165) is 28.3 Å². The van der Waals surface area contributed by atoms with E-state index < -0.39 is 0 Å². The molecule has 0 saturated heterocycles. The van der Waals surface area contributed by atoms with E-state index in [2.05, 4.69) is 9.97 Å². The molecule has 2 heterocycles. The third-order valence-corrected chi connectivity index (χ3v) is 3.33. The zero-order valence-electron chi connectivity index (χ0n) is 10.7. The number of nitrogens with two attached hydrogens (primary N) is 1. The largest absolute Gasteiger partial charge is 0.454 e. The molecule has 1 atom stereocenters. The maximum Gasteiger partial charge on any atom is 0.231 e. The summed E-state index contributed by atoms with van der Waals surface area (Å²) in [6.45, 7) is 2.80. The molecule has 2 N–H and O–H groups in total. The number of benzene rings is 1. The minimum Gasteiger partial charge on any atom is -0.454 e. The van der Waals surface area contributed by atoms with Crippen LogP contribution in [0.1, 0.15) is 22.7 Å². The van der Waals surface area contributed by atoms with Crippen LogP contribution in [0.3, 0.4) is 0 Å². The minimum absolute atomic E-state index is 0.0394. The molecule has 1 aliphatic rings. The molecule has 1 aromatic heterocycles. The van der Waals surface area contributed by atoms with Crippen LogP contribution in [0.5, 0.6) is 11.5 Å². The molecule has 1 aromatic carbocycles. The Morgan fingerprint density at radius 3 is 2.79 bits per heavy atom. The Morgan fingerprint density at radius 1 is 1.32 bits per heavy atom. The van der Waals surface area contributed by atoms with Gasteiger partial charge in [-0.1, -0.05) is 0 Å². The summed E-state index contributed by atoms with van der Waals surface area (Å²) in [5.41, 5.74) is 9.07. The summed E-state index contributed by atoms with van der Waals surface area (Å²) in [6, 6.07) is 5.88. The first-order valence-electron chi connectivity index (χ1n) is 6.15. The van der Waals surface area contributed by atoms with Gasteiger partial charge >= 0.3 is 0 Å². The summed E-state index contributed by atoms with van der Waals surface area (Å²) in [5.74, 6) is 1.60. The molecule has 0 bridgehead atoms. The van der Waals surface area contributed by atoms with Crippen LogP contribution >= 0.6 is 0 Å². The molecule has 0 aliphatic carbocycles. The number of aryl methyl sites for hydroxylation is 1. The van der Waals surface area contributed by atoms with Crippen LogP contribution in [0.25, 0.3) is 0 Å². The molecule has 0 amide bonds. The lowest BCUT2D eigenvalue weighted by atomic mass is 9.91. The van der Waals surface area contributed by atoms with Crippen LogP contribution in [0.2, 0.25) is 0 Å². The third kappa shape index (κ3) is 2.13. The van der Waals surface area contributed by atoms with Crippen molar-refractivity contribution in [3.05, 3.63) is 47.5 Å². The second kappa shape index (κ2) is 4.85. The van der Waals surface area contributed by atoms with Gasteiger partial charge < -0.3 is 15.2 Å². The van der Waals surface area contributed by atoms with Gasteiger partial charge in [0.1, 0.15) is 6.33 Å². The van der Waals surface area contributed by atoms with Crippen molar-refractivity contribution in [1.29, 1.82) is 0 Å². The van der Waals surface area contributed by atoms with Gasteiger partial charge in [0.2, 0.25) is 6.79 Å². The van der Waals surface area contributed by atoms with Crippen molar-refractivity contribution in [2.24, 2.45) is 5.73 Å². The smallest absolute Gasteiger partial charge is 0.231 e. The zero-order valence-corrected chi connectivity index (χ0v) is 10.7. The van der Waals surface area contributed by atoms with Gasteiger partial charge in [0, 0.05) is 18.7 Å². The van der Waals surface area contributed by atoms with Crippen molar-refractivity contribution in [3.8, 4) is 11.5 Å². The van der Waals surface area contributed by atoms with Crippen molar-refractivity contribution in [2.75, 3.05) is 13.3 Å². The average molecular weight is 257 g/mol. The molecule has 3 rings (SSSR count). The highest BCUT2D eigenvalue weighted by Gasteiger charge is 2.21. The van der Waals surface area contributed by atoms with Crippen molar-refractivity contribution >= 4 is 0 Å². The lowest BCUT2D eigenvalue weighted by Gasteiger charge is -2.17. The summed E-state index contributed by atoms with van der Waals surface area (Å²) < 4.78 is 10.8. The second-order valence-corrected chi connectivity index (χ2v) is 4.48. The van der Waals surface area contributed by atoms with E-state index in [9.17, 15) is 0 Å². The SMILES string of the molecule is Cc1cc2c(cc1C(CN)c1ccncn1)OCO2. The first kappa shape index (κ1) is 11.9. The summed E-state index contributed by atoms with van der Waals surface area (Å²) in [7, 11) is 0. The summed E-state index contributed by atoms with van der Waals surface area (Å²) in [6.07, 6.45) is 3.27. The molecular formula is C14H15N3O2. The third-order valence-electron chi connectivity index (χ3n) is 3.33. The molecule has 1 aliphatic heterocycles.